The first-order valence-electron chi connectivity index (χ1n) is 8.67. The highest BCUT2D eigenvalue weighted by molar-refractivity contribution is 7.22. The second kappa shape index (κ2) is 6.97. The van der Waals surface area contributed by atoms with E-state index >= 15 is 0 Å². The molecular weight excluding hydrogens is 376 g/mol. The van der Waals surface area contributed by atoms with Crippen LogP contribution in [-0.2, 0) is 6.54 Å². The quantitative estimate of drug-likeness (QED) is 0.548. The van der Waals surface area contributed by atoms with Gasteiger partial charge in [0.25, 0.3) is 0 Å². The number of benzene rings is 1. The molecular formula is C20H16N4O3S. The molecule has 1 aromatic carbocycles. The maximum Gasteiger partial charge on any atom is 0.231 e. The van der Waals surface area contributed by atoms with Crippen LogP contribution in [0, 0.1) is 0 Å². The van der Waals surface area contributed by atoms with Crippen molar-refractivity contribution < 1.29 is 14.2 Å². The number of nitrogens with one attached hydrogen (secondary N) is 1. The number of pyridine rings is 1. The Morgan fingerprint density at radius 3 is 2.86 bits per heavy atom. The maximum atomic E-state index is 5.44. The fraction of sp³-hybridized carbons (Fsp3) is 0.150. The van der Waals surface area contributed by atoms with Crippen LogP contribution in [0.1, 0.15) is 5.56 Å². The first-order valence-corrected chi connectivity index (χ1v) is 9.49. The summed E-state index contributed by atoms with van der Waals surface area (Å²) < 4.78 is 16.9. The lowest BCUT2D eigenvalue weighted by molar-refractivity contribution is 0.174. The number of thiophene rings is 1. The van der Waals surface area contributed by atoms with Crippen molar-refractivity contribution >= 4 is 27.4 Å². The summed E-state index contributed by atoms with van der Waals surface area (Å²) in [5.74, 6) is 2.96. The van der Waals surface area contributed by atoms with Gasteiger partial charge in [-0.1, -0.05) is 6.07 Å². The predicted molar refractivity (Wildman–Crippen MR) is 107 cm³/mol. The van der Waals surface area contributed by atoms with Gasteiger partial charge in [0.1, 0.15) is 12.1 Å². The zero-order chi connectivity index (χ0) is 18.9. The summed E-state index contributed by atoms with van der Waals surface area (Å²) in [7, 11) is 1.61. The molecule has 0 atom stereocenters. The lowest BCUT2D eigenvalue weighted by Gasteiger charge is -2.07. The summed E-state index contributed by atoms with van der Waals surface area (Å²) in [6, 6.07) is 11.8. The minimum absolute atomic E-state index is 0.275. The van der Waals surface area contributed by atoms with Gasteiger partial charge in [-0.15, -0.1) is 11.3 Å². The Morgan fingerprint density at radius 1 is 1.07 bits per heavy atom. The molecule has 5 rings (SSSR count). The molecule has 140 valence electrons. The van der Waals surface area contributed by atoms with E-state index in [9.17, 15) is 0 Å². The molecule has 28 heavy (non-hydrogen) atoms. The lowest BCUT2D eigenvalue weighted by Crippen LogP contribution is -2.01. The highest BCUT2D eigenvalue weighted by Crippen LogP contribution is 2.36. The first-order chi connectivity index (χ1) is 13.8. The molecule has 0 amide bonds. The summed E-state index contributed by atoms with van der Waals surface area (Å²) in [5.41, 5.74) is 3.01. The molecule has 1 N–H and O–H groups in total. The van der Waals surface area contributed by atoms with Crippen LogP contribution < -0.4 is 19.5 Å². The number of fused-ring (bicyclic) bond motifs is 2. The van der Waals surface area contributed by atoms with Gasteiger partial charge in [-0.2, -0.15) is 0 Å². The summed E-state index contributed by atoms with van der Waals surface area (Å²) in [6.45, 7) is 0.900. The summed E-state index contributed by atoms with van der Waals surface area (Å²) in [4.78, 5) is 14.2. The van der Waals surface area contributed by atoms with E-state index < -0.39 is 0 Å². The summed E-state index contributed by atoms with van der Waals surface area (Å²) >= 11 is 1.63. The van der Waals surface area contributed by atoms with Crippen LogP contribution in [0.4, 0.5) is 5.82 Å². The van der Waals surface area contributed by atoms with Crippen molar-refractivity contribution in [2.24, 2.45) is 0 Å². The number of ether oxygens (including phenoxy) is 3. The molecule has 8 heteroatoms. The topological polar surface area (TPSA) is 78.4 Å². The van der Waals surface area contributed by atoms with Gasteiger partial charge in [-0.3, -0.25) is 0 Å². The number of hydrogen-bond acceptors (Lipinski definition) is 8. The van der Waals surface area contributed by atoms with Crippen molar-refractivity contribution in [3.8, 4) is 27.8 Å². The molecule has 0 fully saturated rings. The van der Waals surface area contributed by atoms with E-state index in [0.29, 0.717) is 12.4 Å². The SMILES string of the molecule is COc1ccc(-c2cc3ncnc(NCc4ccc5c(c4)OCO5)c3s2)cn1. The van der Waals surface area contributed by atoms with Gasteiger partial charge < -0.3 is 19.5 Å². The molecule has 0 bridgehead atoms. The molecule has 1 aliphatic rings. The van der Waals surface area contributed by atoms with E-state index in [-0.39, 0.29) is 6.79 Å². The van der Waals surface area contributed by atoms with Crippen LogP contribution in [-0.4, -0.2) is 28.9 Å². The zero-order valence-corrected chi connectivity index (χ0v) is 15.8. The van der Waals surface area contributed by atoms with Gasteiger partial charge >= 0.3 is 0 Å². The van der Waals surface area contributed by atoms with Crippen molar-refractivity contribution in [2.75, 3.05) is 19.2 Å². The van der Waals surface area contributed by atoms with E-state index in [4.69, 9.17) is 14.2 Å². The Kier molecular flexibility index (Phi) is 4.17. The average Bonchev–Trinajstić information content (AvgIpc) is 3.39. The van der Waals surface area contributed by atoms with Crippen molar-refractivity contribution in [1.29, 1.82) is 0 Å². The zero-order valence-electron chi connectivity index (χ0n) is 15.0. The second-order valence-corrected chi connectivity index (χ2v) is 7.23. The monoisotopic (exact) mass is 392 g/mol. The number of nitrogens with zero attached hydrogens (tertiary/aromatic N) is 3. The third-order valence-electron chi connectivity index (χ3n) is 4.44. The Hall–Kier alpha value is -3.39. The van der Waals surface area contributed by atoms with Crippen LogP contribution in [0.2, 0.25) is 0 Å². The van der Waals surface area contributed by atoms with Crippen LogP contribution >= 0.6 is 11.3 Å². The largest absolute Gasteiger partial charge is 0.481 e. The molecule has 0 radical (unpaired) electrons. The Morgan fingerprint density at radius 2 is 2.00 bits per heavy atom. The number of methoxy groups -OCH3 is 1. The van der Waals surface area contributed by atoms with Crippen LogP contribution in [0.5, 0.6) is 17.4 Å². The van der Waals surface area contributed by atoms with Crippen LogP contribution in [0.15, 0.2) is 48.9 Å². The van der Waals surface area contributed by atoms with Crippen molar-refractivity contribution in [2.45, 2.75) is 6.54 Å². The van der Waals surface area contributed by atoms with Gasteiger partial charge in [-0.25, -0.2) is 15.0 Å². The maximum absolute atomic E-state index is 5.44. The third kappa shape index (κ3) is 3.07. The van der Waals surface area contributed by atoms with Crippen molar-refractivity contribution in [3.05, 3.63) is 54.5 Å². The molecule has 4 heterocycles. The fourth-order valence-corrected chi connectivity index (χ4v) is 4.07. The molecule has 7 nitrogen and oxygen atoms in total. The molecule has 0 saturated carbocycles. The number of aromatic nitrogens is 3. The predicted octanol–water partition coefficient (Wildman–Crippen LogP) is 4.10. The van der Waals surface area contributed by atoms with E-state index in [1.165, 1.54) is 0 Å². The van der Waals surface area contributed by atoms with E-state index in [0.717, 1.165) is 43.5 Å². The van der Waals surface area contributed by atoms with Crippen molar-refractivity contribution in [1.82, 2.24) is 15.0 Å². The van der Waals surface area contributed by atoms with Gasteiger partial charge in [-0.05, 0) is 29.8 Å². The van der Waals surface area contributed by atoms with Gasteiger partial charge in [0.2, 0.25) is 12.7 Å². The number of hydrogen-bond donors (Lipinski definition) is 1. The lowest BCUT2D eigenvalue weighted by atomic mass is 10.2. The third-order valence-corrected chi connectivity index (χ3v) is 5.62. The number of rotatable bonds is 5. The van der Waals surface area contributed by atoms with E-state index in [1.807, 2.05) is 30.3 Å². The molecule has 3 aromatic heterocycles. The molecule has 4 aromatic rings. The van der Waals surface area contributed by atoms with Gasteiger partial charge in [0, 0.05) is 29.2 Å². The summed E-state index contributed by atoms with van der Waals surface area (Å²) in [6.07, 6.45) is 3.38. The Labute approximate surface area is 165 Å². The molecule has 0 aliphatic carbocycles. The Balaban J connectivity index is 1.41. The smallest absolute Gasteiger partial charge is 0.231 e. The van der Waals surface area contributed by atoms with Crippen LogP contribution in [0.3, 0.4) is 0 Å². The normalized spacial score (nSPS) is 12.3. The molecule has 0 unspecified atom stereocenters. The summed E-state index contributed by atoms with van der Waals surface area (Å²) in [5, 5.41) is 3.41. The fourth-order valence-electron chi connectivity index (χ4n) is 3.01. The minimum atomic E-state index is 0.275. The minimum Gasteiger partial charge on any atom is -0.481 e. The van der Waals surface area contributed by atoms with E-state index in [1.54, 1.807) is 31.0 Å². The van der Waals surface area contributed by atoms with Crippen LogP contribution in [0.25, 0.3) is 20.7 Å². The van der Waals surface area contributed by atoms with Gasteiger partial charge in [0.05, 0.1) is 17.3 Å². The highest BCUT2D eigenvalue weighted by Gasteiger charge is 2.14. The average molecular weight is 392 g/mol. The standard InChI is InChI=1S/C20H16N4O3S/c1-25-18-5-3-13(9-21-18)17-7-14-19(28-17)20(24-10-23-14)22-8-12-2-4-15-16(6-12)27-11-26-15/h2-7,9-10H,8,11H2,1H3,(H,22,23,24). The first kappa shape index (κ1) is 16.8. The second-order valence-electron chi connectivity index (χ2n) is 6.18. The molecule has 0 spiro atoms. The molecule has 0 saturated heterocycles. The van der Waals surface area contributed by atoms with Crippen molar-refractivity contribution in [3.63, 3.8) is 0 Å². The molecule has 1 aliphatic heterocycles. The van der Waals surface area contributed by atoms with Gasteiger partial charge in [0.15, 0.2) is 11.5 Å². The number of anilines is 1. The highest BCUT2D eigenvalue weighted by atomic mass is 32.1. The van der Waals surface area contributed by atoms with E-state index in [2.05, 4.69) is 26.3 Å². The Bertz CT molecular complexity index is 1140.